The number of amides is 1. The van der Waals surface area contributed by atoms with Crippen molar-refractivity contribution in [2.75, 3.05) is 19.7 Å². The zero-order chi connectivity index (χ0) is 27.3. The van der Waals surface area contributed by atoms with Gasteiger partial charge in [-0.15, -0.1) is 0 Å². The molecule has 1 unspecified atom stereocenters. The molecule has 1 aliphatic rings. The number of halogens is 3. The summed E-state index contributed by atoms with van der Waals surface area (Å²) in [5, 5.41) is 5.25. The molecule has 3 aromatic heterocycles. The van der Waals surface area contributed by atoms with Crippen LogP contribution in [0.4, 0.5) is 13.2 Å². The molecule has 0 bridgehead atoms. The van der Waals surface area contributed by atoms with E-state index in [4.69, 9.17) is 4.74 Å². The van der Waals surface area contributed by atoms with Crippen molar-refractivity contribution in [3.63, 3.8) is 0 Å². The van der Waals surface area contributed by atoms with Gasteiger partial charge in [0.25, 0.3) is 0 Å². The molecule has 200 valence electrons. The van der Waals surface area contributed by atoms with Gasteiger partial charge < -0.3 is 9.64 Å². The lowest BCUT2D eigenvalue weighted by molar-refractivity contribution is -0.236. The predicted molar refractivity (Wildman–Crippen MR) is 137 cm³/mol. The summed E-state index contributed by atoms with van der Waals surface area (Å²) in [4.78, 5) is 32.0. The lowest BCUT2D eigenvalue weighted by atomic mass is 10.0. The number of aromatic nitrogens is 5. The normalized spacial score (nSPS) is 16.3. The largest absolute Gasteiger partial charge is 0.416 e. The van der Waals surface area contributed by atoms with Crippen LogP contribution in [0, 0.1) is 0 Å². The Kier molecular flexibility index (Phi) is 5.98. The highest BCUT2D eigenvalue weighted by Crippen LogP contribution is 2.29. The third kappa shape index (κ3) is 4.36. The molecule has 1 atom stereocenters. The fourth-order valence-corrected chi connectivity index (χ4v) is 5.00. The average molecular weight is 537 g/mol. The van der Waals surface area contributed by atoms with E-state index in [9.17, 15) is 22.8 Å². The van der Waals surface area contributed by atoms with Crippen LogP contribution < -0.4 is 5.69 Å². The van der Waals surface area contributed by atoms with E-state index in [-0.39, 0.29) is 19.7 Å². The third-order valence-corrected chi connectivity index (χ3v) is 7.03. The van der Waals surface area contributed by atoms with Gasteiger partial charge in [0.15, 0.2) is 6.10 Å². The van der Waals surface area contributed by atoms with E-state index in [1.165, 1.54) is 9.13 Å². The van der Waals surface area contributed by atoms with Crippen molar-refractivity contribution in [3.05, 3.63) is 77.6 Å². The van der Waals surface area contributed by atoms with Crippen molar-refractivity contribution in [1.29, 1.82) is 0 Å². The number of carbonyl (C=O) groups excluding carboxylic acids is 1. The van der Waals surface area contributed by atoms with Crippen molar-refractivity contribution in [2.24, 2.45) is 7.05 Å². The number of alkyl halides is 3. The number of hydrogen-bond donors (Lipinski definition) is 0. The Morgan fingerprint density at radius 3 is 2.51 bits per heavy atom. The van der Waals surface area contributed by atoms with Crippen LogP contribution in [0.5, 0.6) is 0 Å². The first kappa shape index (κ1) is 24.9. The first-order valence-electron chi connectivity index (χ1n) is 12.3. The van der Waals surface area contributed by atoms with Crippen molar-refractivity contribution in [2.45, 2.75) is 18.8 Å². The minimum absolute atomic E-state index is 0.0266. The van der Waals surface area contributed by atoms with E-state index in [2.05, 4.69) is 10.1 Å². The van der Waals surface area contributed by atoms with Crippen molar-refractivity contribution in [3.8, 4) is 16.8 Å². The molecule has 1 saturated heterocycles. The van der Waals surface area contributed by atoms with Gasteiger partial charge in [-0.3, -0.25) is 23.6 Å². The Morgan fingerprint density at radius 2 is 1.77 bits per heavy atom. The molecule has 9 nitrogen and oxygen atoms in total. The molecule has 0 aliphatic carbocycles. The Bertz CT molecular complexity index is 1750. The van der Waals surface area contributed by atoms with Crippen LogP contribution in [0.25, 0.3) is 38.8 Å². The molecule has 1 amide bonds. The summed E-state index contributed by atoms with van der Waals surface area (Å²) in [5.41, 5.74) is 3.88. The number of aryl methyl sites for hydroxylation is 1. The van der Waals surface area contributed by atoms with Gasteiger partial charge in [0.05, 0.1) is 47.8 Å². The lowest BCUT2D eigenvalue weighted by Crippen LogP contribution is -2.52. The SMILES string of the molecule is Cn1ncc2c(-c3ccc(-n4c(=O)n(CC(=O)N5CCOC(C(F)(F)F)C5)c5ccccc54)cc3)cncc21. The van der Waals surface area contributed by atoms with Crippen LogP contribution >= 0.6 is 0 Å². The number of imidazole rings is 1. The smallest absolute Gasteiger partial charge is 0.365 e. The Morgan fingerprint density at radius 1 is 1.03 bits per heavy atom. The zero-order valence-corrected chi connectivity index (χ0v) is 20.8. The first-order chi connectivity index (χ1) is 18.7. The molecule has 0 spiro atoms. The summed E-state index contributed by atoms with van der Waals surface area (Å²) in [5.74, 6) is -0.579. The molecule has 2 aromatic carbocycles. The van der Waals surface area contributed by atoms with E-state index in [0.29, 0.717) is 16.7 Å². The molecule has 0 saturated carbocycles. The minimum Gasteiger partial charge on any atom is -0.365 e. The standard InChI is InChI=1S/C27H23F3N6O3/c1-33-23-14-31-12-19(20(23)13-32-33)17-6-8-18(9-7-17)36-22-5-3-2-4-21(22)35(26(36)38)16-25(37)34-10-11-39-24(15-34)27(28,29)30/h2-9,12-14,24H,10-11,15-16H2,1H3. The molecular weight excluding hydrogens is 513 g/mol. The molecule has 5 aromatic rings. The van der Waals surface area contributed by atoms with Gasteiger partial charge in [-0.05, 0) is 29.8 Å². The summed E-state index contributed by atoms with van der Waals surface area (Å²) < 4.78 is 48.8. The van der Waals surface area contributed by atoms with Crippen molar-refractivity contribution >= 4 is 27.8 Å². The summed E-state index contributed by atoms with van der Waals surface area (Å²) in [6.45, 7) is -1.18. The van der Waals surface area contributed by atoms with E-state index < -0.39 is 30.4 Å². The highest BCUT2D eigenvalue weighted by atomic mass is 19.4. The van der Waals surface area contributed by atoms with Gasteiger partial charge in [0.1, 0.15) is 6.54 Å². The molecule has 4 heterocycles. The number of hydrogen-bond acceptors (Lipinski definition) is 5. The molecule has 0 N–H and O–H groups in total. The molecule has 1 aliphatic heterocycles. The van der Waals surface area contributed by atoms with Crippen LogP contribution in [0.3, 0.4) is 0 Å². The van der Waals surface area contributed by atoms with Crippen LogP contribution in [0.15, 0.2) is 71.9 Å². The number of fused-ring (bicyclic) bond motifs is 2. The minimum atomic E-state index is -4.57. The maximum atomic E-state index is 13.6. The number of benzene rings is 2. The van der Waals surface area contributed by atoms with Gasteiger partial charge in [0, 0.05) is 30.7 Å². The highest BCUT2D eigenvalue weighted by Gasteiger charge is 2.44. The molecule has 1 fully saturated rings. The summed E-state index contributed by atoms with van der Waals surface area (Å²) in [7, 11) is 1.84. The van der Waals surface area contributed by atoms with E-state index in [1.54, 1.807) is 59.7 Å². The van der Waals surface area contributed by atoms with E-state index in [1.807, 2.05) is 19.2 Å². The number of rotatable bonds is 4. The first-order valence-corrected chi connectivity index (χ1v) is 12.3. The number of ether oxygens (including phenoxy) is 1. The van der Waals surface area contributed by atoms with E-state index in [0.717, 1.165) is 26.9 Å². The van der Waals surface area contributed by atoms with Gasteiger partial charge in [-0.1, -0.05) is 24.3 Å². The van der Waals surface area contributed by atoms with Gasteiger partial charge in [-0.2, -0.15) is 18.3 Å². The Labute approximate surface area is 219 Å². The number of pyridine rings is 1. The topological polar surface area (TPSA) is 87.2 Å². The second-order valence-corrected chi connectivity index (χ2v) is 9.37. The molecule has 6 rings (SSSR count). The molecular formula is C27H23F3N6O3. The summed E-state index contributed by atoms with van der Waals surface area (Å²) in [6.07, 6.45) is -1.33. The molecule has 12 heteroatoms. The monoisotopic (exact) mass is 536 g/mol. The number of nitrogens with zero attached hydrogens (tertiary/aromatic N) is 6. The summed E-state index contributed by atoms with van der Waals surface area (Å²) in [6, 6.07) is 14.4. The fraction of sp³-hybridized carbons (Fsp3) is 0.259. The van der Waals surface area contributed by atoms with Crippen molar-refractivity contribution < 1.29 is 22.7 Å². The quantitative estimate of drug-likeness (QED) is 0.351. The van der Waals surface area contributed by atoms with Gasteiger partial charge >= 0.3 is 11.9 Å². The second kappa shape index (κ2) is 9.38. The van der Waals surface area contributed by atoms with Crippen LogP contribution in [-0.4, -0.2) is 66.7 Å². The molecule has 0 radical (unpaired) electrons. The highest BCUT2D eigenvalue weighted by molar-refractivity contribution is 5.93. The van der Waals surface area contributed by atoms with E-state index >= 15 is 0 Å². The second-order valence-electron chi connectivity index (χ2n) is 9.37. The van der Waals surface area contributed by atoms with Crippen molar-refractivity contribution in [1.82, 2.24) is 28.8 Å². The maximum absolute atomic E-state index is 13.6. The predicted octanol–water partition coefficient (Wildman–Crippen LogP) is 3.53. The molecule has 39 heavy (non-hydrogen) atoms. The maximum Gasteiger partial charge on any atom is 0.416 e. The fourth-order valence-electron chi connectivity index (χ4n) is 5.00. The zero-order valence-electron chi connectivity index (χ0n) is 20.8. The van der Waals surface area contributed by atoms with Gasteiger partial charge in [0.2, 0.25) is 5.91 Å². The van der Waals surface area contributed by atoms with Gasteiger partial charge in [-0.25, -0.2) is 4.79 Å². The van der Waals surface area contributed by atoms with Crippen LogP contribution in [-0.2, 0) is 23.1 Å². The Hall–Kier alpha value is -4.45. The summed E-state index contributed by atoms with van der Waals surface area (Å²) >= 11 is 0. The average Bonchev–Trinajstić information content (AvgIpc) is 3.45. The van der Waals surface area contributed by atoms with Crippen LogP contribution in [0.2, 0.25) is 0 Å². The van der Waals surface area contributed by atoms with Crippen LogP contribution in [0.1, 0.15) is 0 Å². The number of carbonyl (C=O) groups is 1. The lowest BCUT2D eigenvalue weighted by Gasteiger charge is -2.33. The number of morpholine rings is 1. The number of para-hydroxylation sites is 2. The Balaban J connectivity index is 1.34. The third-order valence-electron chi connectivity index (χ3n) is 7.03.